The fourth-order valence-corrected chi connectivity index (χ4v) is 3.89. The zero-order valence-electron chi connectivity index (χ0n) is 21.9. The van der Waals surface area contributed by atoms with E-state index in [0.717, 1.165) is 0 Å². The van der Waals surface area contributed by atoms with E-state index < -0.39 is 17.9 Å². The average molecular weight is 542 g/mol. The Kier molecular flexibility index (Phi) is 13.3. The highest BCUT2D eigenvalue weighted by Gasteiger charge is 2.18. The number of aromatic nitrogens is 2. The molecule has 0 aliphatic carbocycles. The molecule has 0 saturated carbocycles. The van der Waals surface area contributed by atoms with E-state index in [1.165, 1.54) is 12.1 Å². The summed E-state index contributed by atoms with van der Waals surface area (Å²) in [6, 6.07) is 9.71. The molecule has 13 heteroatoms. The van der Waals surface area contributed by atoms with Crippen LogP contribution in [-0.4, -0.2) is 129 Å². The minimum absolute atomic E-state index is 0.0141. The second-order valence-corrected chi connectivity index (χ2v) is 8.78. The standard InChI is InChI=1S/C26H35BN4O8/c27-24(21-4-2-6-23(29-21)26(34)35)31-9-13-38-17-15-36-11-7-30(8-12-37-16-18-39-14-10-31)19-20-3-1-5-22(28-20)25(32)33/h1-6,24H,7-19H2,(H,32,33)(H,34,35). The number of pyridine rings is 2. The molecule has 1 unspecified atom stereocenters. The third-order valence-corrected chi connectivity index (χ3v) is 5.99. The number of nitrogens with zero attached hydrogens (tertiary/aromatic N) is 4. The fourth-order valence-electron chi connectivity index (χ4n) is 3.89. The molecule has 0 amide bonds. The summed E-state index contributed by atoms with van der Waals surface area (Å²) in [5.74, 6) is -2.79. The van der Waals surface area contributed by atoms with Gasteiger partial charge in [-0.05, 0) is 24.3 Å². The Bertz CT molecular complexity index is 1030. The molecule has 210 valence electrons. The van der Waals surface area contributed by atoms with Gasteiger partial charge in [-0.3, -0.25) is 9.80 Å². The molecule has 2 radical (unpaired) electrons. The monoisotopic (exact) mass is 542 g/mol. The van der Waals surface area contributed by atoms with E-state index in [-0.39, 0.29) is 11.4 Å². The molecule has 1 aliphatic rings. The van der Waals surface area contributed by atoms with E-state index >= 15 is 0 Å². The molecule has 0 spiro atoms. The molecule has 1 saturated heterocycles. The second kappa shape index (κ2) is 16.9. The molecule has 0 aromatic carbocycles. The molecule has 3 rings (SSSR count). The van der Waals surface area contributed by atoms with Gasteiger partial charge in [0.15, 0.2) is 0 Å². The maximum absolute atomic E-state index is 11.3. The van der Waals surface area contributed by atoms with E-state index in [9.17, 15) is 19.8 Å². The number of aromatic carboxylic acids is 2. The molecule has 2 aromatic heterocycles. The highest BCUT2D eigenvalue weighted by Crippen LogP contribution is 2.16. The first-order valence-corrected chi connectivity index (χ1v) is 12.9. The summed E-state index contributed by atoms with van der Waals surface area (Å²) in [6.07, 6.45) is 0. The summed E-state index contributed by atoms with van der Waals surface area (Å²) in [7, 11) is 6.42. The summed E-state index contributed by atoms with van der Waals surface area (Å²) < 4.78 is 23.0. The highest BCUT2D eigenvalue weighted by molar-refractivity contribution is 6.11. The van der Waals surface area contributed by atoms with Crippen molar-refractivity contribution in [1.82, 2.24) is 19.8 Å². The number of ether oxygens (including phenoxy) is 4. The van der Waals surface area contributed by atoms with Crippen LogP contribution >= 0.6 is 0 Å². The molecular formula is C26H35BN4O8. The number of hydrogen-bond acceptors (Lipinski definition) is 10. The van der Waals surface area contributed by atoms with E-state index in [0.29, 0.717) is 97.0 Å². The van der Waals surface area contributed by atoms with E-state index in [1.54, 1.807) is 24.3 Å². The van der Waals surface area contributed by atoms with E-state index in [2.05, 4.69) is 14.9 Å². The minimum atomic E-state index is -1.11. The molecule has 0 bridgehead atoms. The normalized spacial score (nSPS) is 19.0. The summed E-state index contributed by atoms with van der Waals surface area (Å²) in [4.78, 5) is 34.9. The lowest BCUT2D eigenvalue weighted by Crippen LogP contribution is -2.36. The largest absolute Gasteiger partial charge is 0.477 e. The van der Waals surface area contributed by atoms with Gasteiger partial charge in [0.25, 0.3) is 0 Å². The number of carboxylic acid groups (broad SMARTS) is 2. The third kappa shape index (κ3) is 11.0. The molecular weight excluding hydrogens is 507 g/mol. The topological polar surface area (TPSA) is 144 Å². The van der Waals surface area contributed by atoms with Crippen LogP contribution < -0.4 is 0 Å². The Labute approximate surface area is 229 Å². The first-order valence-electron chi connectivity index (χ1n) is 12.9. The smallest absolute Gasteiger partial charge is 0.354 e. The zero-order chi connectivity index (χ0) is 27.9. The van der Waals surface area contributed by atoms with Gasteiger partial charge >= 0.3 is 11.9 Å². The zero-order valence-corrected chi connectivity index (χ0v) is 21.9. The van der Waals surface area contributed by atoms with Gasteiger partial charge in [-0.25, -0.2) is 19.6 Å². The number of carboxylic acids is 2. The molecule has 1 aliphatic heterocycles. The van der Waals surface area contributed by atoms with Crippen LogP contribution in [0.1, 0.15) is 38.3 Å². The second-order valence-electron chi connectivity index (χ2n) is 8.78. The van der Waals surface area contributed by atoms with Crippen molar-refractivity contribution in [2.24, 2.45) is 0 Å². The van der Waals surface area contributed by atoms with Crippen LogP contribution in [0.2, 0.25) is 0 Å². The SMILES string of the molecule is [B]C(c1cccc(C(=O)O)n1)N1CCOCCOCCN(Cc2cccc(C(=O)O)n2)CCOCCOCC1. The first kappa shape index (κ1) is 30.6. The van der Waals surface area contributed by atoms with Crippen molar-refractivity contribution in [3.05, 3.63) is 59.2 Å². The van der Waals surface area contributed by atoms with Crippen LogP contribution in [0.5, 0.6) is 0 Å². The maximum atomic E-state index is 11.3. The van der Waals surface area contributed by atoms with Crippen molar-refractivity contribution >= 4 is 19.8 Å². The van der Waals surface area contributed by atoms with Gasteiger partial charge in [0.05, 0.1) is 66.4 Å². The van der Waals surface area contributed by atoms with Crippen LogP contribution in [0, 0.1) is 0 Å². The van der Waals surface area contributed by atoms with Crippen molar-refractivity contribution in [3.8, 4) is 0 Å². The van der Waals surface area contributed by atoms with Gasteiger partial charge in [0, 0.05) is 44.4 Å². The van der Waals surface area contributed by atoms with Crippen LogP contribution in [0.15, 0.2) is 36.4 Å². The summed E-state index contributed by atoms with van der Waals surface area (Å²) in [5, 5.41) is 18.4. The third-order valence-electron chi connectivity index (χ3n) is 5.99. The van der Waals surface area contributed by atoms with Crippen molar-refractivity contribution in [3.63, 3.8) is 0 Å². The average Bonchev–Trinajstić information content (AvgIpc) is 2.93. The summed E-state index contributed by atoms with van der Waals surface area (Å²) in [6.45, 7) is 6.05. The van der Waals surface area contributed by atoms with Gasteiger partial charge in [-0.2, -0.15) is 0 Å². The summed E-state index contributed by atoms with van der Waals surface area (Å²) in [5.41, 5.74) is 1.07. The van der Waals surface area contributed by atoms with Crippen LogP contribution in [0.3, 0.4) is 0 Å². The fraction of sp³-hybridized carbons (Fsp3) is 0.538. The van der Waals surface area contributed by atoms with Gasteiger partial charge in [0.1, 0.15) is 11.4 Å². The van der Waals surface area contributed by atoms with Crippen LogP contribution in [-0.2, 0) is 25.5 Å². The number of rotatable bonds is 6. The Morgan fingerprint density at radius 1 is 0.744 bits per heavy atom. The lowest BCUT2D eigenvalue weighted by atomic mass is 9.90. The first-order chi connectivity index (χ1) is 18.9. The van der Waals surface area contributed by atoms with Gasteiger partial charge < -0.3 is 29.2 Å². The summed E-state index contributed by atoms with van der Waals surface area (Å²) >= 11 is 0. The maximum Gasteiger partial charge on any atom is 0.354 e. The predicted molar refractivity (Wildman–Crippen MR) is 141 cm³/mol. The Morgan fingerprint density at radius 2 is 1.23 bits per heavy atom. The van der Waals surface area contributed by atoms with Gasteiger partial charge in [-0.15, -0.1) is 0 Å². The number of carbonyl (C=O) groups is 2. The van der Waals surface area contributed by atoms with Crippen molar-refractivity contribution in [1.29, 1.82) is 0 Å². The minimum Gasteiger partial charge on any atom is -0.477 e. The molecule has 2 aromatic rings. The van der Waals surface area contributed by atoms with E-state index in [4.69, 9.17) is 26.8 Å². The van der Waals surface area contributed by atoms with Crippen molar-refractivity contribution in [2.45, 2.75) is 12.5 Å². The lowest BCUT2D eigenvalue weighted by molar-refractivity contribution is 0.00518. The molecule has 2 N–H and O–H groups in total. The Hall–Kier alpha value is -2.94. The van der Waals surface area contributed by atoms with Gasteiger partial charge in [0.2, 0.25) is 0 Å². The number of hydrogen-bond donors (Lipinski definition) is 2. The highest BCUT2D eigenvalue weighted by atomic mass is 16.5. The quantitative estimate of drug-likeness (QED) is 0.501. The van der Waals surface area contributed by atoms with Gasteiger partial charge in [-0.1, -0.05) is 12.1 Å². The Morgan fingerprint density at radius 3 is 1.77 bits per heavy atom. The molecule has 3 heterocycles. The van der Waals surface area contributed by atoms with Crippen LogP contribution in [0.25, 0.3) is 0 Å². The lowest BCUT2D eigenvalue weighted by Gasteiger charge is -2.29. The molecule has 12 nitrogen and oxygen atoms in total. The van der Waals surface area contributed by atoms with Crippen LogP contribution in [0.4, 0.5) is 0 Å². The van der Waals surface area contributed by atoms with Crippen molar-refractivity contribution < 1.29 is 38.7 Å². The molecule has 39 heavy (non-hydrogen) atoms. The molecule has 1 atom stereocenters. The van der Waals surface area contributed by atoms with E-state index in [1.807, 2.05) is 4.90 Å². The van der Waals surface area contributed by atoms with Crippen molar-refractivity contribution in [2.75, 3.05) is 79.0 Å². The Balaban J connectivity index is 1.52. The predicted octanol–water partition coefficient (Wildman–Crippen LogP) is 0.924. The molecule has 1 fully saturated rings.